The lowest BCUT2D eigenvalue weighted by Gasteiger charge is -2.31. The number of nitrogens with one attached hydrogen (secondary N) is 1. The Bertz CT molecular complexity index is 3340. The number of halogens is 8. The molecule has 2 unspecified atom stereocenters. The highest BCUT2D eigenvalue weighted by molar-refractivity contribution is 7.94. The largest absolute Gasteiger partial charge is 0.778 e. The lowest BCUT2D eigenvalue weighted by Crippen LogP contribution is -2.43. The van der Waals surface area contributed by atoms with E-state index in [0.29, 0.717) is 41.5 Å². The molecule has 1 saturated carbocycles. The number of benzene rings is 4. The summed E-state index contributed by atoms with van der Waals surface area (Å²) in [6.45, 7) is 6.91. The molecule has 6 rings (SSSR count). The smallest absolute Gasteiger partial charge is 0.416 e. The van der Waals surface area contributed by atoms with Crippen molar-refractivity contribution in [2.45, 2.75) is 76.2 Å². The standard InChI is InChI=1S/C18H13ClF3NO7.C15H22ClNO2.C15H12F3NO4S.C3H8NO5P.C3H9S/c1-2-28-16(24)9-29-17(25)12-8-11(4-5-14(12)23(26)27)30-15-6-3-10(7-13(15)19)18(20,21)22;1-5-13-8-6-7-11(2)15(13)17(14(18)9-16)12(3)10-19-4;1-24(21,22)12-6-9(15(16,17)18)4-5-10(12)13(20)11-7-19-23-14(11)8-2-3-8;5-3(6)1-4-2-10(7,8)9;1-4(2)3/h3-8H,2,9H2,1H3;6-8,12H,5,9-10H2,1-4H3;4-8H,2-3H2,1H3;4H,1-2H2,(H,5,6)(H2,7,8,9);1-3H3/q;;;;+1/p-1. The zero-order valence-corrected chi connectivity index (χ0v) is 52.1. The fraction of sp³-hybridized carbons (Fsp3) is 0.407. The second-order valence-corrected chi connectivity index (χ2v) is 25.4. The molecule has 0 radical (unpaired) electrons. The van der Waals surface area contributed by atoms with E-state index in [4.69, 9.17) is 51.9 Å². The summed E-state index contributed by atoms with van der Waals surface area (Å²) in [5.41, 5.74) is -0.321. The fourth-order valence-corrected chi connectivity index (χ4v) is 8.86. The second kappa shape index (κ2) is 34.8. The van der Waals surface area contributed by atoms with E-state index in [1.54, 1.807) is 12.0 Å². The highest BCUT2D eigenvalue weighted by atomic mass is 35.5. The van der Waals surface area contributed by atoms with Gasteiger partial charge in [-0.3, -0.25) is 29.8 Å². The van der Waals surface area contributed by atoms with Gasteiger partial charge in [-0.05, 0) is 105 Å². The van der Waals surface area contributed by atoms with Crippen LogP contribution in [-0.2, 0) is 72.7 Å². The number of rotatable bonds is 21. The van der Waals surface area contributed by atoms with Crippen molar-refractivity contribution in [3.63, 3.8) is 0 Å². The Kier molecular flexibility index (Phi) is 30.6. The van der Waals surface area contributed by atoms with Crippen molar-refractivity contribution < 1.29 is 107 Å². The summed E-state index contributed by atoms with van der Waals surface area (Å²) in [6.07, 6.45) is 1.00. The van der Waals surface area contributed by atoms with Gasteiger partial charge in [0.05, 0.1) is 94.3 Å². The number of carbonyl (C=O) groups excluding carboxylic acids is 4. The summed E-state index contributed by atoms with van der Waals surface area (Å²) in [5.74, 6) is -3.96. The molecule has 87 heavy (non-hydrogen) atoms. The Balaban J connectivity index is 0.000000407. The number of aromatic nitrogens is 1. The summed E-state index contributed by atoms with van der Waals surface area (Å²) in [6, 6.07) is 13.4. The number of carbonyl (C=O) groups is 5. The van der Waals surface area contributed by atoms with Crippen LogP contribution >= 0.6 is 30.8 Å². The van der Waals surface area contributed by atoms with Crippen LogP contribution in [0.15, 0.2) is 88.4 Å². The molecule has 1 aliphatic carbocycles. The van der Waals surface area contributed by atoms with Gasteiger partial charge in [-0.2, -0.15) is 26.3 Å². The van der Waals surface area contributed by atoms with Crippen LogP contribution in [-0.4, -0.2) is 135 Å². The first-order valence-electron chi connectivity index (χ1n) is 25.3. The van der Waals surface area contributed by atoms with Gasteiger partial charge in [0.1, 0.15) is 30.5 Å². The molecule has 1 heterocycles. The molecular weight excluding hydrogens is 1270 g/mol. The first-order chi connectivity index (χ1) is 40.3. The third-order valence-electron chi connectivity index (χ3n) is 11.0. The SMILES string of the molecule is CCOC(=O)COC(=O)c1cc(Oc2ccc(C(F)(F)F)cc2Cl)ccc1[N+](=O)[O-].CCc1cccc(C)c1N(C(=O)CCl)C(C)COC.CS(=O)(=O)c1cc(C(F)(F)F)ccc1C(=O)c1cnoc1C1CC1.C[S+](C)C.O=C(O)CNCP(=O)([O-])O. The maximum absolute atomic E-state index is 12.8. The van der Waals surface area contributed by atoms with E-state index in [0.717, 1.165) is 78.7 Å². The Morgan fingerprint density at radius 1 is 0.943 bits per heavy atom. The van der Waals surface area contributed by atoms with Crippen molar-refractivity contribution in [1.29, 1.82) is 0 Å². The number of nitrogens with zero attached hydrogens (tertiary/aromatic N) is 3. The average Bonchev–Trinajstić information content (AvgIpc) is 2.03. The van der Waals surface area contributed by atoms with Crippen molar-refractivity contribution in [1.82, 2.24) is 10.5 Å². The lowest BCUT2D eigenvalue weighted by molar-refractivity contribution is -0.385. The number of amides is 1. The van der Waals surface area contributed by atoms with Crippen LogP contribution in [0.5, 0.6) is 11.5 Å². The minimum absolute atomic E-state index is 0.0223. The number of anilines is 1. The molecule has 0 saturated heterocycles. The molecule has 480 valence electrons. The van der Waals surface area contributed by atoms with Crippen LogP contribution in [0.2, 0.25) is 5.02 Å². The molecule has 4 aromatic carbocycles. The van der Waals surface area contributed by atoms with Crippen LogP contribution in [0.25, 0.3) is 0 Å². The summed E-state index contributed by atoms with van der Waals surface area (Å²) in [4.78, 5) is 87.5. The molecule has 1 amide bonds. The van der Waals surface area contributed by atoms with Crippen molar-refractivity contribution >= 4 is 92.5 Å². The average molecular weight is 1340 g/mol. The number of nitro benzene ring substituents is 1. The maximum Gasteiger partial charge on any atom is 0.416 e. The molecule has 2 atom stereocenters. The number of para-hydroxylation sites is 1. The quantitative estimate of drug-likeness (QED) is 0.00899. The number of hydrogen-bond donors (Lipinski definition) is 3. The first kappa shape index (κ1) is 76.5. The molecular formula is C54H63Cl2F6N4O18PS2. The highest BCUT2D eigenvalue weighted by Gasteiger charge is 2.37. The van der Waals surface area contributed by atoms with E-state index in [1.807, 2.05) is 31.3 Å². The summed E-state index contributed by atoms with van der Waals surface area (Å²) in [7, 11) is -6.11. The van der Waals surface area contributed by atoms with Gasteiger partial charge in [-0.25, -0.2) is 18.0 Å². The van der Waals surface area contributed by atoms with Gasteiger partial charge in [-0.1, -0.05) is 41.9 Å². The van der Waals surface area contributed by atoms with Gasteiger partial charge >= 0.3 is 30.3 Å². The van der Waals surface area contributed by atoms with Gasteiger partial charge < -0.3 is 47.8 Å². The number of hydrogen-bond acceptors (Lipinski definition) is 18. The summed E-state index contributed by atoms with van der Waals surface area (Å²) >= 11 is 11.6. The number of carboxylic acid groups (broad SMARTS) is 1. The Hall–Kier alpha value is -6.63. The number of aryl methyl sites for hydroxylation is 2. The minimum Gasteiger partial charge on any atom is -0.778 e. The number of sulfone groups is 1. The maximum atomic E-state index is 12.8. The third-order valence-corrected chi connectivity index (χ3v) is 13.3. The summed E-state index contributed by atoms with van der Waals surface area (Å²) in [5, 5.41) is 24.3. The number of ketones is 1. The highest BCUT2D eigenvalue weighted by Crippen LogP contribution is 2.43. The number of esters is 2. The first-order valence-corrected chi connectivity index (χ1v) is 32.3. The molecule has 0 spiro atoms. The monoisotopic (exact) mass is 1330 g/mol. The van der Waals surface area contributed by atoms with Crippen molar-refractivity contribution in [2.24, 2.45) is 0 Å². The van der Waals surface area contributed by atoms with Gasteiger partial charge in [0.15, 0.2) is 28.0 Å². The molecule has 1 fully saturated rings. The topological polar surface area (TPSA) is 321 Å². The Morgan fingerprint density at radius 2 is 1.54 bits per heavy atom. The van der Waals surface area contributed by atoms with E-state index >= 15 is 0 Å². The van der Waals surface area contributed by atoms with E-state index in [-0.39, 0.29) is 58.0 Å². The number of methoxy groups -OCH3 is 1. The van der Waals surface area contributed by atoms with E-state index in [9.17, 15) is 78.3 Å². The third kappa shape index (κ3) is 25.9. The van der Waals surface area contributed by atoms with E-state index in [2.05, 4.69) is 41.7 Å². The number of carboxylic acids is 1. The molecule has 1 aliphatic rings. The van der Waals surface area contributed by atoms with E-state index < -0.39 is 105 Å². The summed E-state index contributed by atoms with van der Waals surface area (Å²) < 4.78 is 135. The fourth-order valence-electron chi connectivity index (χ4n) is 7.22. The predicted molar refractivity (Wildman–Crippen MR) is 309 cm³/mol. The number of ether oxygens (including phenoxy) is 4. The van der Waals surface area contributed by atoms with Crippen molar-refractivity contribution in [2.75, 3.05) is 75.6 Å². The molecule has 5 aromatic rings. The molecule has 0 aliphatic heterocycles. The molecule has 0 bridgehead atoms. The van der Waals surface area contributed by atoms with Gasteiger partial charge in [-0.15, -0.1) is 11.6 Å². The number of aliphatic carboxylic acids is 1. The van der Waals surface area contributed by atoms with Crippen molar-refractivity contribution in [3.05, 3.63) is 139 Å². The van der Waals surface area contributed by atoms with Crippen LogP contribution in [0.3, 0.4) is 0 Å². The van der Waals surface area contributed by atoms with E-state index in [1.165, 1.54) is 13.1 Å². The molecule has 1 aromatic heterocycles. The lowest BCUT2D eigenvalue weighted by atomic mass is 10.0. The van der Waals surface area contributed by atoms with Crippen molar-refractivity contribution in [3.8, 4) is 11.5 Å². The normalized spacial score (nSPS) is 13.0. The molecule has 33 heteroatoms. The van der Waals surface area contributed by atoms with Gasteiger partial charge in [0.2, 0.25) is 5.91 Å². The van der Waals surface area contributed by atoms with Crippen LogP contribution in [0, 0.1) is 17.0 Å². The van der Waals surface area contributed by atoms with Crippen LogP contribution in [0.1, 0.15) is 93.8 Å². The zero-order chi connectivity index (χ0) is 66.4. The van der Waals surface area contributed by atoms with Crippen LogP contribution < -0.4 is 19.8 Å². The van der Waals surface area contributed by atoms with Gasteiger partial charge in [0.25, 0.3) is 5.69 Å². The second-order valence-electron chi connectivity index (χ2n) is 18.7. The Morgan fingerprint density at radius 3 is 2.03 bits per heavy atom. The zero-order valence-electron chi connectivity index (χ0n) is 48.1. The van der Waals surface area contributed by atoms with Gasteiger partial charge in [0, 0.05) is 37.0 Å². The Labute approximate surface area is 509 Å². The minimum atomic E-state index is -4.71. The predicted octanol–water partition coefficient (Wildman–Crippen LogP) is 9.81. The number of alkyl halides is 7. The molecule has 22 nitrogen and oxygen atoms in total. The number of nitro groups is 1. The molecule has 3 N–H and O–H groups in total. The van der Waals surface area contributed by atoms with Crippen LogP contribution in [0.4, 0.5) is 37.7 Å².